The lowest BCUT2D eigenvalue weighted by Gasteiger charge is -2.32. The van der Waals surface area contributed by atoms with Crippen molar-refractivity contribution in [3.05, 3.63) is 11.6 Å². The molecule has 7 nitrogen and oxygen atoms in total. The van der Waals surface area contributed by atoms with Crippen molar-refractivity contribution in [2.75, 3.05) is 19.6 Å². The third-order valence-corrected chi connectivity index (χ3v) is 4.49. The molecule has 1 rings (SSSR count). The average molecular weight is 382 g/mol. The second kappa shape index (κ2) is 9.24. The molecule has 154 valence electrons. The molecule has 0 aromatic rings. The standard InChI is InChI=1S/C20H35N3O4/c1-14(19(2,3)4)12-17(25)23-10-8-15(9-11-23)22-16(24)13-21-18(26)27-20(5,6)7/h12,15H,8-11,13H2,1-7H3,(H,21,26)(H,22,24)/b14-12+. The van der Waals surface area contributed by atoms with Crippen LogP contribution in [0.5, 0.6) is 0 Å². The Labute approximate surface area is 162 Å². The minimum absolute atomic E-state index is 0.00896. The Hall–Kier alpha value is -2.05. The number of ether oxygens (including phenoxy) is 1. The van der Waals surface area contributed by atoms with E-state index in [0.29, 0.717) is 25.9 Å². The van der Waals surface area contributed by atoms with Gasteiger partial charge in [-0.25, -0.2) is 4.79 Å². The number of rotatable bonds is 4. The highest BCUT2D eigenvalue weighted by Crippen LogP contribution is 2.24. The molecule has 1 fully saturated rings. The van der Waals surface area contributed by atoms with Crippen molar-refractivity contribution in [2.24, 2.45) is 5.41 Å². The number of hydrogen-bond donors (Lipinski definition) is 2. The summed E-state index contributed by atoms with van der Waals surface area (Å²) < 4.78 is 5.09. The van der Waals surface area contributed by atoms with Crippen LogP contribution >= 0.6 is 0 Å². The number of carbonyl (C=O) groups excluding carboxylic acids is 3. The van der Waals surface area contributed by atoms with Gasteiger partial charge in [-0.1, -0.05) is 26.3 Å². The summed E-state index contributed by atoms with van der Waals surface area (Å²) in [5, 5.41) is 5.34. The molecule has 0 bridgehead atoms. The summed E-state index contributed by atoms with van der Waals surface area (Å²) in [7, 11) is 0. The van der Waals surface area contributed by atoms with Gasteiger partial charge in [-0.15, -0.1) is 0 Å². The highest BCUT2D eigenvalue weighted by Gasteiger charge is 2.24. The average Bonchev–Trinajstić information content (AvgIpc) is 2.51. The van der Waals surface area contributed by atoms with Gasteiger partial charge < -0.3 is 20.3 Å². The van der Waals surface area contributed by atoms with Gasteiger partial charge in [0.2, 0.25) is 11.8 Å². The maximum atomic E-state index is 12.4. The Morgan fingerprint density at radius 2 is 1.63 bits per heavy atom. The molecule has 7 heteroatoms. The van der Waals surface area contributed by atoms with Crippen molar-refractivity contribution >= 4 is 17.9 Å². The fraction of sp³-hybridized carbons (Fsp3) is 0.750. The van der Waals surface area contributed by atoms with E-state index in [4.69, 9.17) is 4.74 Å². The van der Waals surface area contributed by atoms with Crippen LogP contribution in [0.3, 0.4) is 0 Å². The summed E-state index contributed by atoms with van der Waals surface area (Å²) >= 11 is 0. The summed E-state index contributed by atoms with van der Waals surface area (Å²) in [4.78, 5) is 37.7. The van der Waals surface area contributed by atoms with Crippen molar-refractivity contribution in [3.63, 3.8) is 0 Å². The molecule has 0 aliphatic carbocycles. The molecule has 0 unspecified atom stereocenters. The minimum atomic E-state index is -0.612. The number of allylic oxidation sites excluding steroid dienone is 1. The van der Waals surface area contributed by atoms with E-state index in [1.165, 1.54) is 0 Å². The number of piperidine rings is 1. The molecule has 3 amide bonds. The maximum absolute atomic E-state index is 12.4. The number of amides is 3. The Kier molecular flexibility index (Phi) is 7.87. The number of likely N-dealkylation sites (tertiary alicyclic amines) is 1. The summed E-state index contributed by atoms with van der Waals surface area (Å²) in [5.41, 5.74) is 0.430. The van der Waals surface area contributed by atoms with Crippen LogP contribution in [0.25, 0.3) is 0 Å². The molecule has 0 radical (unpaired) electrons. The van der Waals surface area contributed by atoms with Gasteiger partial charge in [-0.3, -0.25) is 9.59 Å². The number of nitrogens with zero attached hydrogens (tertiary/aromatic N) is 1. The van der Waals surface area contributed by atoms with Crippen LogP contribution in [-0.4, -0.2) is 54.1 Å². The van der Waals surface area contributed by atoms with Gasteiger partial charge in [-0.05, 0) is 46.0 Å². The topological polar surface area (TPSA) is 87.7 Å². The van der Waals surface area contributed by atoms with E-state index in [2.05, 4.69) is 31.4 Å². The zero-order valence-corrected chi connectivity index (χ0v) is 17.8. The van der Waals surface area contributed by atoms with Gasteiger partial charge in [0.1, 0.15) is 12.1 Å². The summed E-state index contributed by atoms with van der Waals surface area (Å²) in [5.74, 6) is -0.229. The van der Waals surface area contributed by atoms with E-state index in [0.717, 1.165) is 5.57 Å². The number of alkyl carbamates (subject to hydrolysis) is 1. The Morgan fingerprint density at radius 1 is 1.07 bits per heavy atom. The fourth-order valence-corrected chi connectivity index (χ4v) is 2.48. The van der Waals surface area contributed by atoms with E-state index in [1.54, 1.807) is 26.8 Å². The Balaban J connectivity index is 2.37. The van der Waals surface area contributed by atoms with Crippen molar-refractivity contribution in [1.82, 2.24) is 15.5 Å². The zero-order valence-electron chi connectivity index (χ0n) is 17.8. The van der Waals surface area contributed by atoms with Crippen LogP contribution in [-0.2, 0) is 14.3 Å². The lowest BCUT2D eigenvalue weighted by atomic mass is 9.87. The maximum Gasteiger partial charge on any atom is 0.408 e. The predicted octanol–water partition coefficient (Wildman–Crippen LogP) is 2.61. The van der Waals surface area contributed by atoms with E-state index in [9.17, 15) is 14.4 Å². The highest BCUT2D eigenvalue weighted by molar-refractivity contribution is 5.88. The van der Waals surface area contributed by atoms with Gasteiger partial charge in [-0.2, -0.15) is 0 Å². The molecule has 1 aliphatic rings. The van der Waals surface area contributed by atoms with Crippen LogP contribution in [0, 0.1) is 5.41 Å². The second-order valence-corrected chi connectivity index (χ2v) is 9.10. The van der Waals surface area contributed by atoms with E-state index in [1.807, 2.05) is 11.8 Å². The SMILES string of the molecule is C/C(=C\C(=O)N1CCC(NC(=O)CNC(=O)OC(C)(C)C)CC1)C(C)(C)C. The van der Waals surface area contributed by atoms with Crippen LogP contribution in [0.4, 0.5) is 4.79 Å². The number of nitrogens with one attached hydrogen (secondary N) is 2. The molecule has 0 atom stereocenters. The molecule has 27 heavy (non-hydrogen) atoms. The molecule has 0 aromatic heterocycles. The predicted molar refractivity (Wildman–Crippen MR) is 105 cm³/mol. The van der Waals surface area contributed by atoms with Crippen LogP contribution in [0.1, 0.15) is 61.3 Å². The number of hydrogen-bond acceptors (Lipinski definition) is 4. The minimum Gasteiger partial charge on any atom is -0.444 e. The second-order valence-electron chi connectivity index (χ2n) is 9.10. The monoisotopic (exact) mass is 381 g/mol. The lowest BCUT2D eigenvalue weighted by Crippen LogP contribution is -2.48. The Bertz CT molecular complexity index is 577. The molecular weight excluding hydrogens is 346 g/mol. The van der Waals surface area contributed by atoms with E-state index < -0.39 is 11.7 Å². The molecule has 1 heterocycles. The van der Waals surface area contributed by atoms with Gasteiger partial charge in [0.05, 0.1) is 0 Å². The van der Waals surface area contributed by atoms with Crippen molar-refractivity contribution in [3.8, 4) is 0 Å². The zero-order chi connectivity index (χ0) is 20.8. The highest BCUT2D eigenvalue weighted by atomic mass is 16.6. The first kappa shape index (κ1) is 23.0. The van der Waals surface area contributed by atoms with Crippen molar-refractivity contribution < 1.29 is 19.1 Å². The normalized spacial score (nSPS) is 16.7. The van der Waals surface area contributed by atoms with Gasteiger partial charge >= 0.3 is 6.09 Å². The first-order valence-electron chi connectivity index (χ1n) is 9.52. The molecule has 2 N–H and O–H groups in total. The molecule has 0 saturated carbocycles. The quantitative estimate of drug-likeness (QED) is 0.733. The first-order valence-corrected chi connectivity index (χ1v) is 9.52. The molecular formula is C20H35N3O4. The van der Waals surface area contributed by atoms with Crippen LogP contribution < -0.4 is 10.6 Å². The molecule has 0 aromatic carbocycles. The van der Waals surface area contributed by atoms with Crippen LogP contribution in [0.15, 0.2) is 11.6 Å². The third-order valence-electron chi connectivity index (χ3n) is 4.49. The van der Waals surface area contributed by atoms with Crippen molar-refractivity contribution in [2.45, 2.75) is 73.0 Å². The van der Waals surface area contributed by atoms with Gasteiger partial charge in [0, 0.05) is 25.2 Å². The van der Waals surface area contributed by atoms with Gasteiger partial charge in [0.15, 0.2) is 0 Å². The molecule has 1 aliphatic heterocycles. The van der Waals surface area contributed by atoms with Crippen molar-refractivity contribution in [1.29, 1.82) is 0 Å². The molecule has 0 spiro atoms. The smallest absolute Gasteiger partial charge is 0.408 e. The summed E-state index contributed by atoms with van der Waals surface area (Å²) in [6.07, 6.45) is 2.50. The first-order chi connectivity index (χ1) is 12.3. The van der Waals surface area contributed by atoms with Gasteiger partial charge in [0.25, 0.3) is 0 Å². The third kappa shape index (κ3) is 8.93. The van der Waals surface area contributed by atoms with Crippen LogP contribution in [0.2, 0.25) is 0 Å². The summed E-state index contributed by atoms with van der Waals surface area (Å²) in [6, 6.07) is 0.00896. The number of carbonyl (C=O) groups is 3. The summed E-state index contributed by atoms with van der Waals surface area (Å²) in [6.45, 7) is 14.6. The Morgan fingerprint density at radius 3 is 2.11 bits per heavy atom. The van der Waals surface area contributed by atoms with E-state index >= 15 is 0 Å². The lowest BCUT2D eigenvalue weighted by molar-refractivity contribution is -0.127. The fourth-order valence-electron chi connectivity index (χ4n) is 2.48. The largest absolute Gasteiger partial charge is 0.444 e. The van der Waals surface area contributed by atoms with E-state index in [-0.39, 0.29) is 29.8 Å². The molecule has 1 saturated heterocycles.